The highest BCUT2D eigenvalue weighted by Crippen LogP contribution is 2.09. The van der Waals surface area contributed by atoms with Crippen molar-refractivity contribution < 1.29 is 14.7 Å². The van der Waals surface area contributed by atoms with Gasteiger partial charge < -0.3 is 10.4 Å². The monoisotopic (exact) mass is 292 g/mol. The van der Waals surface area contributed by atoms with Gasteiger partial charge in [-0.2, -0.15) is 0 Å². The lowest BCUT2D eigenvalue weighted by molar-refractivity contribution is -0.122. The average molecular weight is 292 g/mol. The number of likely N-dealkylation sites (N-methyl/N-ethyl adjacent to an activating group) is 1. The highest BCUT2D eigenvalue weighted by Gasteiger charge is 2.12. The van der Waals surface area contributed by atoms with Crippen LogP contribution >= 0.6 is 0 Å². The van der Waals surface area contributed by atoms with Crippen molar-refractivity contribution in [3.8, 4) is 0 Å². The van der Waals surface area contributed by atoms with Gasteiger partial charge in [0.15, 0.2) is 0 Å². The first-order chi connectivity index (χ1) is 9.93. The maximum atomic E-state index is 11.8. The molecule has 0 fully saturated rings. The van der Waals surface area contributed by atoms with Crippen LogP contribution < -0.4 is 5.32 Å². The molecule has 2 N–H and O–H groups in total. The Labute approximate surface area is 126 Å². The Hall–Kier alpha value is -1.88. The molecule has 1 atom stereocenters. The lowest BCUT2D eigenvalue weighted by Gasteiger charge is -2.18. The molecule has 0 bridgehead atoms. The molecule has 0 radical (unpaired) electrons. The summed E-state index contributed by atoms with van der Waals surface area (Å²) in [6, 6.07) is 7.15. The fourth-order valence-corrected chi connectivity index (χ4v) is 2.00. The molecule has 5 heteroatoms. The number of hydrogen-bond acceptors (Lipinski definition) is 3. The fraction of sp³-hybridized carbons (Fsp3) is 0.500. The molecule has 0 aromatic heterocycles. The van der Waals surface area contributed by atoms with Gasteiger partial charge in [0.1, 0.15) is 0 Å². The van der Waals surface area contributed by atoms with Gasteiger partial charge in [0, 0.05) is 12.6 Å². The zero-order chi connectivity index (χ0) is 15.8. The standard InChI is InChI=1S/C16H24N2O3/c1-4-12(2)17-15(19)11-18(3)10-9-13-7-5-6-8-14(13)16(20)21/h5-8,12H,4,9-11H2,1-3H3,(H,17,19)(H,20,21). The summed E-state index contributed by atoms with van der Waals surface area (Å²) in [6.45, 7) is 4.95. The second kappa shape index (κ2) is 8.42. The molecule has 21 heavy (non-hydrogen) atoms. The van der Waals surface area contributed by atoms with Gasteiger partial charge >= 0.3 is 5.97 Å². The second-order valence-electron chi connectivity index (χ2n) is 5.33. The van der Waals surface area contributed by atoms with Gasteiger partial charge in [-0.1, -0.05) is 25.1 Å². The van der Waals surface area contributed by atoms with E-state index in [1.165, 1.54) is 0 Å². The topological polar surface area (TPSA) is 69.6 Å². The molecule has 1 amide bonds. The van der Waals surface area contributed by atoms with Crippen LogP contribution in [0, 0.1) is 0 Å². The molecule has 1 aromatic rings. The van der Waals surface area contributed by atoms with Gasteiger partial charge in [-0.3, -0.25) is 9.69 Å². The molecule has 0 saturated carbocycles. The van der Waals surface area contributed by atoms with Crippen LogP contribution in [0.2, 0.25) is 0 Å². The molecule has 0 heterocycles. The Bertz CT molecular complexity index is 488. The van der Waals surface area contributed by atoms with Crippen LogP contribution in [0.4, 0.5) is 0 Å². The Morgan fingerprint density at radius 2 is 2.00 bits per heavy atom. The minimum Gasteiger partial charge on any atom is -0.478 e. The van der Waals surface area contributed by atoms with Crippen molar-refractivity contribution in [3.63, 3.8) is 0 Å². The summed E-state index contributed by atoms with van der Waals surface area (Å²) >= 11 is 0. The Kier molecular flexibility index (Phi) is 6.88. The molecule has 0 aliphatic heterocycles. The number of carboxylic acids is 1. The van der Waals surface area contributed by atoms with Gasteiger partial charge in [0.2, 0.25) is 5.91 Å². The number of nitrogens with zero attached hydrogens (tertiary/aromatic N) is 1. The van der Waals surface area contributed by atoms with Gasteiger partial charge in [-0.05, 0) is 38.4 Å². The van der Waals surface area contributed by atoms with E-state index in [2.05, 4.69) is 5.32 Å². The van der Waals surface area contributed by atoms with Crippen molar-refractivity contribution in [1.29, 1.82) is 0 Å². The number of carbonyl (C=O) groups excluding carboxylic acids is 1. The van der Waals surface area contributed by atoms with Crippen molar-refractivity contribution in [1.82, 2.24) is 10.2 Å². The minimum atomic E-state index is -0.914. The van der Waals surface area contributed by atoms with Crippen LogP contribution in [-0.2, 0) is 11.2 Å². The molecule has 0 aliphatic rings. The molecule has 1 rings (SSSR count). The molecule has 5 nitrogen and oxygen atoms in total. The molecular weight excluding hydrogens is 268 g/mol. The molecule has 0 saturated heterocycles. The van der Waals surface area contributed by atoms with Gasteiger partial charge in [-0.15, -0.1) is 0 Å². The van der Waals surface area contributed by atoms with E-state index in [0.29, 0.717) is 25.1 Å². The maximum absolute atomic E-state index is 11.8. The van der Waals surface area contributed by atoms with Crippen LogP contribution in [0.25, 0.3) is 0 Å². The third kappa shape index (κ3) is 5.95. The minimum absolute atomic E-state index is 0.00151. The first-order valence-electron chi connectivity index (χ1n) is 7.23. The van der Waals surface area contributed by atoms with Crippen molar-refractivity contribution in [2.75, 3.05) is 20.1 Å². The van der Waals surface area contributed by atoms with Crippen molar-refractivity contribution in [2.24, 2.45) is 0 Å². The Balaban J connectivity index is 2.48. The normalized spacial score (nSPS) is 12.2. The van der Waals surface area contributed by atoms with Crippen molar-refractivity contribution in [3.05, 3.63) is 35.4 Å². The number of hydrogen-bond donors (Lipinski definition) is 2. The number of benzene rings is 1. The van der Waals surface area contributed by atoms with Crippen molar-refractivity contribution in [2.45, 2.75) is 32.7 Å². The summed E-state index contributed by atoms with van der Waals surface area (Å²) < 4.78 is 0. The van der Waals surface area contributed by atoms with Crippen molar-refractivity contribution >= 4 is 11.9 Å². The molecule has 1 unspecified atom stereocenters. The molecule has 0 aliphatic carbocycles. The Morgan fingerprint density at radius 1 is 1.33 bits per heavy atom. The highest BCUT2D eigenvalue weighted by molar-refractivity contribution is 5.89. The van der Waals surface area contributed by atoms with E-state index in [-0.39, 0.29) is 11.9 Å². The SMILES string of the molecule is CCC(C)NC(=O)CN(C)CCc1ccccc1C(=O)O. The third-order valence-corrected chi connectivity index (χ3v) is 3.44. The fourth-order valence-electron chi connectivity index (χ4n) is 2.00. The number of nitrogens with one attached hydrogen (secondary N) is 1. The van der Waals surface area contributed by atoms with E-state index in [0.717, 1.165) is 12.0 Å². The largest absolute Gasteiger partial charge is 0.478 e. The highest BCUT2D eigenvalue weighted by atomic mass is 16.4. The summed E-state index contributed by atoms with van der Waals surface area (Å²) in [6.07, 6.45) is 1.51. The number of carbonyl (C=O) groups is 2. The quantitative estimate of drug-likeness (QED) is 0.766. The molecule has 116 valence electrons. The Morgan fingerprint density at radius 3 is 2.62 bits per heavy atom. The predicted octanol–water partition coefficient (Wildman–Crippen LogP) is 1.77. The van der Waals surface area contributed by atoms with E-state index in [4.69, 9.17) is 5.11 Å². The third-order valence-electron chi connectivity index (χ3n) is 3.44. The predicted molar refractivity (Wildman–Crippen MR) is 82.5 cm³/mol. The van der Waals surface area contributed by atoms with E-state index in [1.54, 1.807) is 12.1 Å². The maximum Gasteiger partial charge on any atom is 0.335 e. The number of amides is 1. The van der Waals surface area contributed by atoms with E-state index in [9.17, 15) is 9.59 Å². The van der Waals surface area contributed by atoms with Gasteiger partial charge in [0.05, 0.1) is 12.1 Å². The summed E-state index contributed by atoms with van der Waals surface area (Å²) in [5.41, 5.74) is 1.12. The van der Waals surface area contributed by atoms with Crippen LogP contribution in [0.1, 0.15) is 36.2 Å². The average Bonchev–Trinajstić information content (AvgIpc) is 2.44. The number of aromatic carboxylic acids is 1. The van der Waals surface area contributed by atoms with E-state index >= 15 is 0 Å². The zero-order valence-corrected chi connectivity index (χ0v) is 12.9. The molecular formula is C16H24N2O3. The lowest BCUT2D eigenvalue weighted by Crippen LogP contribution is -2.40. The number of carboxylic acid groups (broad SMARTS) is 1. The summed E-state index contributed by atoms with van der Waals surface area (Å²) in [4.78, 5) is 24.8. The van der Waals surface area contributed by atoms with E-state index in [1.807, 2.05) is 37.9 Å². The summed E-state index contributed by atoms with van der Waals surface area (Å²) in [5, 5.41) is 12.0. The first-order valence-corrected chi connectivity index (χ1v) is 7.23. The first kappa shape index (κ1) is 17.2. The van der Waals surface area contributed by atoms with Crippen LogP contribution in [0.5, 0.6) is 0 Å². The van der Waals surface area contributed by atoms with E-state index < -0.39 is 5.97 Å². The second-order valence-corrected chi connectivity index (χ2v) is 5.33. The van der Waals surface area contributed by atoms with Crippen LogP contribution in [0.3, 0.4) is 0 Å². The smallest absolute Gasteiger partial charge is 0.335 e. The molecule has 1 aromatic carbocycles. The molecule has 0 spiro atoms. The number of rotatable bonds is 8. The van der Waals surface area contributed by atoms with Gasteiger partial charge in [-0.25, -0.2) is 4.79 Å². The lowest BCUT2D eigenvalue weighted by atomic mass is 10.0. The summed E-state index contributed by atoms with van der Waals surface area (Å²) in [7, 11) is 1.86. The van der Waals surface area contributed by atoms with Crippen LogP contribution in [0.15, 0.2) is 24.3 Å². The van der Waals surface area contributed by atoms with Crippen LogP contribution in [-0.4, -0.2) is 48.1 Å². The van der Waals surface area contributed by atoms with Gasteiger partial charge in [0.25, 0.3) is 0 Å². The zero-order valence-electron chi connectivity index (χ0n) is 12.9. The summed E-state index contributed by atoms with van der Waals surface area (Å²) in [5.74, 6) is -0.916.